The van der Waals surface area contributed by atoms with Crippen molar-refractivity contribution in [3.63, 3.8) is 0 Å². The Morgan fingerprint density at radius 3 is 2.40 bits per heavy atom. The summed E-state index contributed by atoms with van der Waals surface area (Å²) in [5.74, 6) is 0.584. The third-order valence-electron chi connectivity index (χ3n) is 2.94. The van der Waals surface area contributed by atoms with E-state index in [4.69, 9.17) is 27.9 Å². The summed E-state index contributed by atoms with van der Waals surface area (Å²) in [6.45, 7) is 1.86. The second-order valence-corrected chi connectivity index (χ2v) is 5.24. The Morgan fingerprint density at radius 1 is 1.15 bits per heavy atom. The van der Waals surface area contributed by atoms with Gasteiger partial charge in [-0.1, -0.05) is 29.3 Å². The van der Waals surface area contributed by atoms with Gasteiger partial charge in [0.05, 0.1) is 0 Å². The molecule has 0 aromatic heterocycles. The quantitative estimate of drug-likeness (QED) is 0.837. The van der Waals surface area contributed by atoms with Crippen molar-refractivity contribution in [2.75, 3.05) is 7.05 Å². The number of hydrogen-bond donors (Lipinski definition) is 1. The summed E-state index contributed by atoms with van der Waals surface area (Å²) in [4.78, 5) is 0. The van der Waals surface area contributed by atoms with E-state index in [2.05, 4.69) is 5.32 Å². The second kappa shape index (κ2) is 6.44. The van der Waals surface area contributed by atoms with Crippen molar-refractivity contribution in [1.29, 1.82) is 0 Å². The lowest BCUT2D eigenvalue weighted by Gasteiger charge is -2.17. The van der Waals surface area contributed by atoms with Crippen molar-refractivity contribution < 1.29 is 9.13 Å². The normalized spacial score (nSPS) is 12.2. The van der Waals surface area contributed by atoms with Crippen molar-refractivity contribution in [3.8, 4) is 11.5 Å². The Labute approximate surface area is 127 Å². The number of rotatable bonds is 4. The summed E-state index contributed by atoms with van der Waals surface area (Å²) < 4.78 is 19.7. The minimum atomic E-state index is -0.322. The summed E-state index contributed by atoms with van der Waals surface area (Å²) in [6.07, 6.45) is 0. The number of nitrogens with one attached hydrogen (secondary N) is 1. The first-order valence-electron chi connectivity index (χ1n) is 6.11. The molecule has 0 amide bonds. The molecule has 0 aliphatic rings. The smallest absolute Gasteiger partial charge is 0.135 e. The number of halogens is 3. The highest BCUT2D eigenvalue weighted by Crippen LogP contribution is 2.33. The third-order valence-corrected chi connectivity index (χ3v) is 3.38. The lowest BCUT2D eigenvalue weighted by Crippen LogP contribution is -2.14. The van der Waals surface area contributed by atoms with Gasteiger partial charge in [0.2, 0.25) is 0 Å². The van der Waals surface area contributed by atoms with Gasteiger partial charge in [0.15, 0.2) is 0 Å². The molecule has 0 bridgehead atoms. The average Bonchev–Trinajstić information content (AvgIpc) is 2.37. The van der Waals surface area contributed by atoms with Crippen molar-refractivity contribution in [2.24, 2.45) is 0 Å². The molecule has 2 aromatic rings. The summed E-state index contributed by atoms with van der Waals surface area (Å²) in [6, 6.07) is 9.41. The zero-order valence-corrected chi connectivity index (χ0v) is 12.6. The van der Waals surface area contributed by atoms with Crippen LogP contribution in [0.1, 0.15) is 18.5 Å². The maximum Gasteiger partial charge on any atom is 0.135 e. The standard InChI is InChI=1S/C15H14Cl2FNO/c1-9(19-2)15-13(18)4-3-5-14(15)20-12-7-10(16)6-11(17)8-12/h3-9,19H,1-2H3. The number of benzene rings is 2. The van der Waals surface area contributed by atoms with Crippen molar-refractivity contribution in [3.05, 3.63) is 57.8 Å². The Morgan fingerprint density at radius 2 is 1.80 bits per heavy atom. The molecule has 1 atom stereocenters. The van der Waals surface area contributed by atoms with E-state index in [1.807, 2.05) is 6.92 Å². The lowest BCUT2D eigenvalue weighted by molar-refractivity contribution is 0.452. The first-order valence-corrected chi connectivity index (χ1v) is 6.86. The molecule has 0 spiro atoms. The van der Waals surface area contributed by atoms with Crippen molar-refractivity contribution in [2.45, 2.75) is 13.0 Å². The van der Waals surface area contributed by atoms with Gasteiger partial charge in [0.1, 0.15) is 17.3 Å². The van der Waals surface area contributed by atoms with Crippen LogP contribution >= 0.6 is 23.2 Å². The van der Waals surface area contributed by atoms with Gasteiger partial charge in [-0.25, -0.2) is 4.39 Å². The van der Waals surface area contributed by atoms with Crippen LogP contribution in [0.15, 0.2) is 36.4 Å². The molecule has 1 N–H and O–H groups in total. The highest BCUT2D eigenvalue weighted by atomic mass is 35.5. The van der Waals surface area contributed by atoms with E-state index in [0.29, 0.717) is 27.1 Å². The van der Waals surface area contributed by atoms with Crippen LogP contribution in [0, 0.1) is 5.82 Å². The van der Waals surface area contributed by atoms with E-state index < -0.39 is 0 Å². The Bertz CT molecular complexity index is 599. The highest BCUT2D eigenvalue weighted by molar-refractivity contribution is 6.34. The maximum absolute atomic E-state index is 14.0. The third kappa shape index (κ3) is 3.42. The summed E-state index contributed by atoms with van der Waals surface area (Å²) in [7, 11) is 1.76. The number of ether oxygens (including phenoxy) is 1. The van der Waals surface area contributed by atoms with Crippen LogP contribution in [0.25, 0.3) is 0 Å². The fourth-order valence-corrected chi connectivity index (χ4v) is 2.39. The van der Waals surface area contributed by atoms with E-state index in [-0.39, 0.29) is 11.9 Å². The van der Waals surface area contributed by atoms with Gasteiger partial charge in [-0.05, 0) is 44.3 Å². The summed E-state index contributed by atoms with van der Waals surface area (Å²) >= 11 is 11.9. The van der Waals surface area contributed by atoms with Crippen LogP contribution < -0.4 is 10.1 Å². The van der Waals surface area contributed by atoms with E-state index in [1.54, 1.807) is 37.4 Å². The summed E-state index contributed by atoms with van der Waals surface area (Å²) in [5, 5.41) is 3.93. The van der Waals surface area contributed by atoms with E-state index >= 15 is 0 Å². The average molecular weight is 314 g/mol. The zero-order valence-electron chi connectivity index (χ0n) is 11.1. The van der Waals surface area contributed by atoms with Crippen LogP contribution in [0.2, 0.25) is 10.0 Å². The van der Waals surface area contributed by atoms with Gasteiger partial charge in [0, 0.05) is 21.7 Å². The van der Waals surface area contributed by atoms with E-state index in [0.717, 1.165) is 0 Å². The van der Waals surface area contributed by atoms with Crippen LogP contribution in [0.5, 0.6) is 11.5 Å². The highest BCUT2D eigenvalue weighted by Gasteiger charge is 2.16. The molecule has 2 nitrogen and oxygen atoms in total. The molecule has 2 aromatic carbocycles. The molecule has 1 unspecified atom stereocenters. The monoisotopic (exact) mass is 313 g/mol. The minimum absolute atomic E-state index is 0.180. The van der Waals surface area contributed by atoms with Crippen molar-refractivity contribution >= 4 is 23.2 Å². The van der Waals surface area contributed by atoms with E-state index in [1.165, 1.54) is 6.07 Å². The predicted molar refractivity (Wildman–Crippen MR) is 80.4 cm³/mol. The van der Waals surface area contributed by atoms with Gasteiger partial charge in [-0.2, -0.15) is 0 Å². The zero-order chi connectivity index (χ0) is 14.7. The molecular formula is C15H14Cl2FNO. The van der Waals surface area contributed by atoms with Crippen LogP contribution in [-0.4, -0.2) is 7.05 Å². The fourth-order valence-electron chi connectivity index (χ4n) is 1.89. The Kier molecular flexibility index (Phi) is 4.86. The molecule has 2 rings (SSSR count). The van der Waals surface area contributed by atoms with Crippen molar-refractivity contribution in [1.82, 2.24) is 5.32 Å². The second-order valence-electron chi connectivity index (χ2n) is 4.37. The molecule has 0 saturated heterocycles. The lowest BCUT2D eigenvalue weighted by atomic mass is 10.1. The molecule has 0 aliphatic carbocycles. The SMILES string of the molecule is CNC(C)c1c(F)cccc1Oc1cc(Cl)cc(Cl)c1. The molecule has 0 fully saturated rings. The van der Waals surface area contributed by atoms with Gasteiger partial charge in [-0.3, -0.25) is 0 Å². The largest absolute Gasteiger partial charge is 0.457 e. The van der Waals surface area contributed by atoms with Gasteiger partial charge >= 0.3 is 0 Å². The van der Waals surface area contributed by atoms with Crippen LogP contribution in [-0.2, 0) is 0 Å². The molecule has 0 heterocycles. The topological polar surface area (TPSA) is 21.3 Å². The molecule has 5 heteroatoms. The molecule has 20 heavy (non-hydrogen) atoms. The Hall–Kier alpha value is -1.29. The Balaban J connectivity index is 2.40. The van der Waals surface area contributed by atoms with Gasteiger partial charge in [0.25, 0.3) is 0 Å². The predicted octanol–water partition coefficient (Wildman–Crippen LogP) is 5.21. The fraction of sp³-hybridized carbons (Fsp3) is 0.200. The molecule has 0 saturated carbocycles. The van der Waals surface area contributed by atoms with Crippen LogP contribution in [0.3, 0.4) is 0 Å². The maximum atomic E-state index is 14.0. The van der Waals surface area contributed by atoms with Crippen LogP contribution in [0.4, 0.5) is 4.39 Å². The van der Waals surface area contributed by atoms with Gasteiger partial charge in [-0.15, -0.1) is 0 Å². The first kappa shape index (κ1) is 15.1. The number of hydrogen-bond acceptors (Lipinski definition) is 2. The molecular weight excluding hydrogens is 300 g/mol. The summed E-state index contributed by atoms with van der Waals surface area (Å²) in [5.41, 5.74) is 0.464. The van der Waals surface area contributed by atoms with E-state index in [9.17, 15) is 4.39 Å². The first-order chi connectivity index (χ1) is 9.51. The molecule has 0 aliphatic heterocycles. The molecule has 0 radical (unpaired) electrons. The minimum Gasteiger partial charge on any atom is -0.457 e. The van der Waals surface area contributed by atoms with Gasteiger partial charge < -0.3 is 10.1 Å². The molecule has 106 valence electrons.